The molecule has 0 aliphatic carbocycles. The lowest BCUT2D eigenvalue weighted by Crippen LogP contribution is -2.36. The average Bonchev–Trinajstić information content (AvgIpc) is 2.41. The van der Waals surface area contributed by atoms with Gasteiger partial charge in [0.05, 0.1) is 6.10 Å². The summed E-state index contributed by atoms with van der Waals surface area (Å²) in [4.78, 5) is 2.46. The second kappa shape index (κ2) is 6.17. The normalized spacial score (nSPS) is 17.6. The number of hydrogen-bond acceptors (Lipinski definition) is 3. The van der Waals surface area contributed by atoms with Gasteiger partial charge in [-0.15, -0.1) is 0 Å². The van der Waals surface area contributed by atoms with E-state index in [0.29, 0.717) is 6.10 Å². The smallest absolute Gasteiger partial charge is 0.122 e. The van der Waals surface area contributed by atoms with Crippen LogP contribution >= 0.6 is 0 Å². The highest BCUT2D eigenvalue weighted by Gasteiger charge is 2.19. The topological polar surface area (TPSA) is 62.3 Å². The van der Waals surface area contributed by atoms with E-state index < -0.39 is 0 Å². The van der Waals surface area contributed by atoms with Crippen molar-refractivity contribution in [3.8, 4) is 0 Å². The Morgan fingerprint density at radius 3 is 2.63 bits per heavy atom. The molecule has 0 unspecified atom stereocenters. The highest BCUT2D eigenvalue weighted by atomic mass is 16.5. The Balaban J connectivity index is 1.98. The van der Waals surface area contributed by atoms with Crippen LogP contribution in [0.2, 0.25) is 0 Å². The van der Waals surface area contributed by atoms with Gasteiger partial charge < -0.3 is 10.5 Å². The van der Waals surface area contributed by atoms with Crippen LogP contribution in [0, 0.1) is 12.3 Å². The van der Waals surface area contributed by atoms with Crippen LogP contribution in [0.25, 0.3) is 0 Å². The van der Waals surface area contributed by atoms with Gasteiger partial charge in [-0.25, -0.2) is 0 Å². The Labute approximate surface area is 115 Å². The summed E-state index contributed by atoms with van der Waals surface area (Å²) in [5.74, 6) is 0.135. The van der Waals surface area contributed by atoms with Crippen LogP contribution < -0.4 is 5.73 Å². The van der Waals surface area contributed by atoms with Gasteiger partial charge in [-0.1, -0.05) is 12.1 Å². The lowest BCUT2D eigenvalue weighted by molar-refractivity contribution is 0.0388. The highest BCUT2D eigenvalue weighted by Crippen LogP contribution is 2.18. The number of nitrogens with zero attached hydrogens (tertiary/aromatic N) is 1. The van der Waals surface area contributed by atoms with Gasteiger partial charge in [0.2, 0.25) is 0 Å². The molecule has 2 rings (SSSR count). The molecule has 4 nitrogen and oxygen atoms in total. The molecule has 1 aromatic rings. The van der Waals surface area contributed by atoms with Gasteiger partial charge in [0, 0.05) is 32.3 Å². The summed E-state index contributed by atoms with van der Waals surface area (Å²) in [7, 11) is 1.80. The first-order valence-corrected chi connectivity index (χ1v) is 6.79. The molecule has 19 heavy (non-hydrogen) atoms. The Morgan fingerprint density at radius 1 is 1.42 bits per heavy atom. The van der Waals surface area contributed by atoms with Crippen LogP contribution in [0.4, 0.5) is 0 Å². The molecular formula is C15H23N3O. The van der Waals surface area contributed by atoms with E-state index in [4.69, 9.17) is 15.9 Å². The monoisotopic (exact) mass is 261 g/mol. The lowest BCUT2D eigenvalue weighted by Gasteiger charge is -2.31. The van der Waals surface area contributed by atoms with Crippen LogP contribution in [0.1, 0.15) is 29.5 Å². The minimum Gasteiger partial charge on any atom is -0.384 e. The quantitative estimate of drug-likeness (QED) is 0.642. The molecule has 0 spiro atoms. The Bertz CT molecular complexity index is 451. The molecule has 1 aliphatic rings. The molecule has 1 saturated heterocycles. The zero-order valence-electron chi connectivity index (χ0n) is 11.8. The van der Waals surface area contributed by atoms with Gasteiger partial charge in [-0.3, -0.25) is 10.3 Å². The average molecular weight is 261 g/mol. The number of nitrogen functional groups attached to an aromatic ring is 1. The zero-order chi connectivity index (χ0) is 13.8. The number of benzene rings is 1. The van der Waals surface area contributed by atoms with Crippen LogP contribution in [-0.2, 0) is 11.3 Å². The van der Waals surface area contributed by atoms with Gasteiger partial charge >= 0.3 is 0 Å². The van der Waals surface area contributed by atoms with E-state index in [1.165, 1.54) is 11.1 Å². The molecular weight excluding hydrogens is 238 g/mol. The third-order valence-electron chi connectivity index (χ3n) is 3.92. The van der Waals surface area contributed by atoms with E-state index in [0.717, 1.165) is 38.0 Å². The van der Waals surface area contributed by atoms with Crippen molar-refractivity contribution in [2.24, 2.45) is 5.73 Å². The number of likely N-dealkylation sites (tertiary alicyclic amines) is 1. The summed E-state index contributed by atoms with van der Waals surface area (Å²) in [6, 6.07) is 6.03. The van der Waals surface area contributed by atoms with Crippen molar-refractivity contribution in [1.29, 1.82) is 5.41 Å². The number of ether oxygens (including phenoxy) is 1. The summed E-state index contributed by atoms with van der Waals surface area (Å²) in [6.07, 6.45) is 2.65. The van der Waals surface area contributed by atoms with Crippen molar-refractivity contribution in [2.75, 3.05) is 20.2 Å². The third kappa shape index (κ3) is 3.55. The number of methoxy groups -OCH3 is 1. The number of hydrogen-bond donors (Lipinski definition) is 2. The highest BCUT2D eigenvalue weighted by molar-refractivity contribution is 5.95. The Kier molecular flexibility index (Phi) is 4.56. The summed E-state index contributed by atoms with van der Waals surface area (Å²) in [6.45, 7) is 5.24. The minimum absolute atomic E-state index is 0.135. The Hall–Kier alpha value is -1.39. The number of nitrogens with two attached hydrogens (primary N) is 1. The van der Waals surface area contributed by atoms with E-state index in [1.807, 2.05) is 12.1 Å². The molecule has 1 aliphatic heterocycles. The minimum atomic E-state index is 0.135. The van der Waals surface area contributed by atoms with E-state index in [2.05, 4.69) is 17.9 Å². The van der Waals surface area contributed by atoms with Crippen molar-refractivity contribution in [3.05, 3.63) is 34.9 Å². The maximum absolute atomic E-state index is 7.45. The van der Waals surface area contributed by atoms with Crippen LogP contribution in [0.15, 0.2) is 18.2 Å². The molecule has 104 valence electrons. The van der Waals surface area contributed by atoms with Gasteiger partial charge in [0.15, 0.2) is 0 Å². The number of rotatable bonds is 4. The van der Waals surface area contributed by atoms with Crippen molar-refractivity contribution in [2.45, 2.75) is 32.4 Å². The van der Waals surface area contributed by atoms with E-state index in [9.17, 15) is 0 Å². The first-order valence-electron chi connectivity index (χ1n) is 6.79. The maximum Gasteiger partial charge on any atom is 0.122 e. The fraction of sp³-hybridized carbons (Fsp3) is 0.533. The summed E-state index contributed by atoms with van der Waals surface area (Å²) < 4.78 is 5.39. The number of nitrogens with one attached hydrogen (secondary N) is 1. The standard InChI is InChI=1S/C15H23N3O/c1-11-9-12(15(16)17)3-4-13(11)10-18-7-5-14(19-2)6-8-18/h3-4,9,14H,5-8,10H2,1-2H3,(H3,16,17). The second-order valence-electron chi connectivity index (χ2n) is 5.27. The second-order valence-corrected chi connectivity index (χ2v) is 5.27. The van der Waals surface area contributed by atoms with Crippen molar-refractivity contribution in [3.63, 3.8) is 0 Å². The van der Waals surface area contributed by atoms with Crippen molar-refractivity contribution >= 4 is 5.84 Å². The van der Waals surface area contributed by atoms with Gasteiger partial charge in [-0.05, 0) is 37.0 Å². The molecule has 1 fully saturated rings. The molecule has 0 radical (unpaired) electrons. The Morgan fingerprint density at radius 2 is 2.11 bits per heavy atom. The first kappa shape index (κ1) is 14.0. The number of piperidine rings is 1. The van der Waals surface area contributed by atoms with E-state index in [1.54, 1.807) is 7.11 Å². The molecule has 0 saturated carbocycles. The molecule has 1 aromatic carbocycles. The van der Waals surface area contributed by atoms with Crippen molar-refractivity contribution in [1.82, 2.24) is 4.90 Å². The van der Waals surface area contributed by atoms with Crippen LogP contribution in [0.5, 0.6) is 0 Å². The molecule has 3 N–H and O–H groups in total. The molecule has 0 bridgehead atoms. The van der Waals surface area contributed by atoms with E-state index in [-0.39, 0.29) is 5.84 Å². The van der Waals surface area contributed by atoms with E-state index >= 15 is 0 Å². The van der Waals surface area contributed by atoms with Crippen molar-refractivity contribution < 1.29 is 4.74 Å². The molecule has 0 amide bonds. The zero-order valence-corrected chi connectivity index (χ0v) is 11.8. The number of amidine groups is 1. The third-order valence-corrected chi connectivity index (χ3v) is 3.92. The predicted molar refractivity (Wildman–Crippen MR) is 77.5 cm³/mol. The van der Waals surface area contributed by atoms with Gasteiger partial charge in [-0.2, -0.15) is 0 Å². The molecule has 0 aromatic heterocycles. The predicted octanol–water partition coefficient (Wildman–Crippen LogP) is 1.89. The SMILES string of the molecule is COC1CCN(Cc2ccc(C(=N)N)cc2C)CC1. The van der Waals surface area contributed by atoms with Crippen LogP contribution in [-0.4, -0.2) is 37.0 Å². The molecule has 4 heteroatoms. The fourth-order valence-electron chi connectivity index (χ4n) is 2.58. The van der Waals surface area contributed by atoms with Gasteiger partial charge in [0.25, 0.3) is 0 Å². The van der Waals surface area contributed by atoms with Crippen LogP contribution in [0.3, 0.4) is 0 Å². The summed E-state index contributed by atoms with van der Waals surface area (Å²) in [5, 5.41) is 7.45. The van der Waals surface area contributed by atoms with Gasteiger partial charge in [0.1, 0.15) is 5.84 Å². The largest absolute Gasteiger partial charge is 0.384 e. The fourth-order valence-corrected chi connectivity index (χ4v) is 2.58. The maximum atomic E-state index is 7.45. The lowest BCUT2D eigenvalue weighted by atomic mass is 10.0. The summed E-state index contributed by atoms with van der Waals surface area (Å²) in [5.41, 5.74) is 8.84. The molecule has 0 atom stereocenters. The first-order chi connectivity index (χ1) is 9.10. The summed E-state index contributed by atoms with van der Waals surface area (Å²) >= 11 is 0. The molecule has 1 heterocycles. The number of aryl methyl sites for hydroxylation is 1.